The molecule has 0 radical (unpaired) electrons. The fourth-order valence-corrected chi connectivity index (χ4v) is 8.46. The molecule has 0 aromatic heterocycles. The van der Waals surface area contributed by atoms with Crippen LogP contribution in [-0.4, -0.2) is 22.8 Å². The summed E-state index contributed by atoms with van der Waals surface area (Å²) in [6.45, 7) is 10.9. The summed E-state index contributed by atoms with van der Waals surface area (Å²) >= 11 is 0. The maximum absolute atomic E-state index is 11.9. The standard InChI is InChI=1S/C22H36O3/c1-14(23)25-18-21(5,24)15-7-8-17-20(4)11-6-10-19(2,3)16(20)9-12-22(17,18)13-15/h15-18,24H,6-13H2,1-5H3. The minimum atomic E-state index is -0.867. The van der Waals surface area contributed by atoms with Gasteiger partial charge in [0.05, 0.1) is 0 Å². The van der Waals surface area contributed by atoms with E-state index in [9.17, 15) is 9.90 Å². The molecule has 4 rings (SSSR count). The van der Waals surface area contributed by atoms with Crippen molar-refractivity contribution >= 4 is 5.97 Å². The third kappa shape index (κ3) is 2.23. The normalized spacial score (nSPS) is 53.7. The molecular weight excluding hydrogens is 312 g/mol. The molecule has 0 aliphatic heterocycles. The Morgan fingerprint density at radius 3 is 2.40 bits per heavy atom. The van der Waals surface area contributed by atoms with Crippen LogP contribution in [0.3, 0.4) is 0 Å². The number of hydrogen-bond acceptors (Lipinski definition) is 3. The Morgan fingerprint density at radius 2 is 1.72 bits per heavy atom. The largest absolute Gasteiger partial charge is 0.459 e. The van der Waals surface area contributed by atoms with E-state index in [2.05, 4.69) is 20.8 Å². The highest BCUT2D eigenvalue weighted by molar-refractivity contribution is 5.66. The molecule has 7 unspecified atom stereocenters. The quantitative estimate of drug-likeness (QED) is 0.698. The number of fused-ring (bicyclic) bond motifs is 3. The second-order valence-corrected chi connectivity index (χ2v) is 10.9. The van der Waals surface area contributed by atoms with Crippen LogP contribution in [0.1, 0.15) is 86.0 Å². The zero-order valence-electron chi connectivity index (χ0n) is 16.7. The number of esters is 1. The average molecular weight is 349 g/mol. The average Bonchev–Trinajstić information content (AvgIpc) is 2.64. The van der Waals surface area contributed by atoms with Gasteiger partial charge in [-0.05, 0) is 80.5 Å². The molecule has 1 spiro atoms. The summed E-state index contributed by atoms with van der Waals surface area (Å²) in [5.41, 5.74) is -0.141. The van der Waals surface area contributed by atoms with E-state index in [-0.39, 0.29) is 23.4 Å². The van der Waals surface area contributed by atoms with E-state index in [4.69, 9.17) is 4.74 Å². The summed E-state index contributed by atoms with van der Waals surface area (Å²) in [7, 11) is 0. The van der Waals surface area contributed by atoms with E-state index < -0.39 is 5.60 Å². The lowest BCUT2D eigenvalue weighted by Gasteiger charge is -2.64. The molecular formula is C22H36O3. The predicted molar refractivity (Wildman–Crippen MR) is 97.9 cm³/mol. The molecule has 4 aliphatic rings. The Hall–Kier alpha value is -0.570. The van der Waals surface area contributed by atoms with Crippen molar-refractivity contribution in [3.05, 3.63) is 0 Å². The predicted octanol–water partition coefficient (Wildman–Crippen LogP) is 4.71. The van der Waals surface area contributed by atoms with Crippen LogP contribution in [0.4, 0.5) is 0 Å². The second kappa shape index (κ2) is 5.24. The number of hydrogen-bond donors (Lipinski definition) is 1. The van der Waals surface area contributed by atoms with E-state index in [0.29, 0.717) is 16.7 Å². The lowest BCUT2D eigenvalue weighted by molar-refractivity contribution is -0.201. The number of rotatable bonds is 1. The third-order valence-corrected chi connectivity index (χ3v) is 9.26. The smallest absolute Gasteiger partial charge is 0.303 e. The van der Waals surface area contributed by atoms with Gasteiger partial charge < -0.3 is 9.84 Å². The Balaban J connectivity index is 1.78. The SMILES string of the molecule is CC(=O)OC1C(C)(O)C2CCC3C4(C)CCCC(C)(C)C4CCC13C2. The van der Waals surface area contributed by atoms with Gasteiger partial charge in [0.15, 0.2) is 0 Å². The highest BCUT2D eigenvalue weighted by Gasteiger charge is 2.71. The maximum Gasteiger partial charge on any atom is 0.303 e. The first-order chi connectivity index (χ1) is 11.5. The molecule has 0 amide bonds. The summed E-state index contributed by atoms with van der Waals surface area (Å²) in [6.07, 6.45) is 9.29. The molecule has 3 nitrogen and oxygen atoms in total. The molecule has 4 saturated carbocycles. The molecule has 4 aliphatic carbocycles. The molecule has 2 bridgehead atoms. The van der Waals surface area contributed by atoms with E-state index in [1.54, 1.807) is 0 Å². The van der Waals surface area contributed by atoms with Gasteiger partial charge in [-0.1, -0.05) is 27.2 Å². The van der Waals surface area contributed by atoms with Crippen molar-refractivity contribution in [2.75, 3.05) is 0 Å². The van der Waals surface area contributed by atoms with Gasteiger partial charge in [0.1, 0.15) is 11.7 Å². The van der Waals surface area contributed by atoms with Crippen LogP contribution in [0.5, 0.6) is 0 Å². The lowest BCUT2D eigenvalue weighted by atomic mass is 9.41. The van der Waals surface area contributed by atoms with Crippen molar-refractivity contribution in [1.29, 1.82) is 0 Å². The van der Waals surface area contributed by atoms with Gasteiger partial charge in [0.2, 0.25) is 0 Å². The fraction of sp³-hybridized carbons (Fsp3) is 0.955. The van der Waals surface area contributed by atoms with Crippen molar-refractivity contribution in [1.82, 2.24) is 0 Å². The van der Waals surface area contributed by atoms with E-state index >= 15 is 0 Å². The zero-order valence-corrected chi connectivity index (χ0v) is 16.7. The lowest BCUT2D eigenvalue weighted by Crippen LogP contribution is -2.60. The van der Waals surface area contributed by atoms with Crippen LogP contribution >= 0.6 is 0 Å². The Kier molecular flexibility index (Phi) is 3.74. The van der Waals surface area contributed by atoms with Gasteiger partial charge in [0.25, 0.3) is 0 Å². The molecule has 0 aromatic rings. The summed E-state index contributed by atoms with van der Waals surface area (Å²) in [6, 6.07) is 0. The van der Waals surface area contributed by atoms with E-state index in [1.165, 1.54) is 39.0 Å². The Morgan fingerprint density at radius 1 is 1.00 bits per heavy atom. The van der Waals surface area contributed by atoms with Crippen LogP contribution in [-0.2, 0) is 9.53 Å². The molecule has 3 heteroatoms. The van der Waals surface area contributed by atoms with Crippen molar-refractivity contribution in [2.24, 2.45) is 34.0 Å². The van der Waals surface area contributed by atoms with E-state index in [0.717, 1.165) is 25.2 Å². The molecule has 25 heavy (non-hydrogen) atoms. The fourth-order valence-electron chi connectivity index (χ4n) is 8.46. The number of ether oxygens (including phenoxy) is 1. The molecule has 4 fully saturated rings. The van der Waals surface area contributed by atoms with Crippen molar-refractivity contribution in [3.8, 4) is 0 Å². The van der Waals surface area contributed by atoms with Crippen LogP contribution in [0.15, 0.2) is 0 Å². The zero-order chi connectivity index (χ0) is 18.3. The first-order valence-corrected chi connectivity index (χ1v) is 10.4. The summed E-state index contributed by atoms with van der Waals surface area (Å²) < 4.78 is 5.89. The van der Waals surface area contributed by atoms with Crippen molar-refractivity contribution < 1.29 is 14.6 Å². The second-order valence-electron chi connectivity index (χ2n) is 10.9. The van der Waals surface area contributed by atoms with Crippen LogP contribution < -0.4 is 0 Å². The van der Waals surface area contributed by atoms with Gasteiger partial charge in [-0.3, -0.25) is 4.79 Å². The van der Waals surface area contributed by atoms with Gasteiger partial charge in [-0.15, -0.1) is 0 Å². The van der Waals surface area contributed by atoms with Gasteiger partial charge in [-0.2, -0.15) is 0 Å². The van der Waals surface area contributed by atoms with Gasteiger partial charge >= 0.3 is 5.97 Å². The number of aliphatic hydroxyl groups is 1. The van der Waals surface area contributed by atoms with Gasteiger partial charge in [-0.25, -0.2) is 0 Å². The number of carbonyl (C=O) groups is 1. The monoisotopic (exact) mass is 348 g/mol. The first kappa shape index (κ1) is 17.8. The molecule has 7 atom stereocenters. The van der Waals surface area contributed by atoms with Crippen LogP contribution in [0, 0.1) is 34.0 Å². The topological polar surface area (TPSA) is 46.5 Å². The highest BCUT2D eigenvalue weighted by Crippen LogP contribution is 2.73. The maximum atomic E-state index is 11.9. The molecule has 142 valence electrons. The third-order valence-electron chi connectivity index (χ3n) is 9.26. The molecule has 0 heterocycles. The van der Waals surface area contributed by atoms with Crippen molar-refractivity contribution in [3.63, 3.8) is 0 Å². The van der Waals surface area contributed by atoms with Crippen molar-refractivity contribution in [2.45, 2.75) is 97.7 Å². The molecule has 0 aromatic carbocycles. The highest BCUT2D eigenvalue weighted by atomic mass is 16.6. The minimum absolute atomic E-state index is 0.00322. The number of carbonyl (C=O) groups excluding carboxylic acids is 1. The summed E-state index contributed by atoms with van der Waals surface area (Å²) in [5, 5.41) is 11.3. The Bertz CT molecular complexity index is 580. The van der Waals surface area contributed by atoms with Gasteiger partial charge in [0, 0.05) is 12.3 Å². The molecule has 1 N–H and O–H groups in total. The molecule has 0 saturated heterocycles. The van der Waals surface area contributed by atoms with Crippen LogP contribution in [0.25, 0.3) is 0 Å². The summed E-state index contributed by atoms with van der Waals surface area (Å²) in [5.74, 6) is 1.38. The van der Waals surface area contributed by atoms with E-state index in [1.807, 2.05) is 6.92 Å². The summed E-state index contributed by atoms with van der Waals surface area (Å²) in [4.78, 5) is 11.9. The van der Waals surface area contributed by atoms with Crippen LogP contribution in [0.2, 0.25) is 0 Å². The first-order valence-electron chi connectivity index (χ1n) is 10.4. The minimum Gasteiger partial charge on any atom is -0.459 e. The Labute approximate surface area is 152 Å².